The summed E-state index contributed by atoms with van der Waals surface area (Å²) in [6, 6.07) is 8.56. The molecule has 0 saturated heterocycles. The molecule has 7 heteroatoms. The minimum Gasteiger partial charge on any atom is -0.355 e. The number of aryl methyl sites for hydroxylation is 2. The first-order chi connectivity index (χ1) is 12.6. The fourth-order valence-corrected chi connectivity index (χ4v) is 4.43. The Morgan fingerprint density at radius 3 is 2.11 bits per heavy atom. The van der Waals surface area contributed by atoms with Crippen molar-refractivity contribution in [2.24, 2.45) is 5.14 Å². The molecule has 2 rings (SSSR count). The summed E-state index contributed by atoms with van der Waals surface area (Å²) in [6.07, 6.45) is 0.628. The van der Waals surface area contributed by atoms with Crippen LogP contribution in [0.5, 0.6) is 0 Å². The standard InChI is InChI=1S/C20H26N2O3S2/c1-13-11-14(2)16(4)20(15(13)3)26-12-19(23)22-10-9-17-5-7-18(8-6-17)27(21,24)25/h5-8,11H,9-10,12H2,1-4H3,(H,22,23)(H2,21,24,25). The Labute approximate surface area is 165 Å². The molecule has 2 aromatic rings. The maximum absolute atomic E-state index is 12.2. The first kappa shape index (κ1) is 21.5. The summed E-state index contributed by atoms with van der Waals surface area (Å²) in [4.78, 5) is 13.4. The minimum absolute atomic E-state index is 0.0147. The molecule has 0 heterocycles. The van der Waals surface area contributed by atoms with Crippen molar-refractivity contribution in [3.63, 3.8) is 0 Å². The Morgan fingerprint density at radius 1 is 1.04 bits per heavy atom. The number of hydrogen-bond acceptors (Lipinski definition) is 4. The summed E-state index contributed by atoms with van der Waals surface area (Å²) >= 11 is 1.57. The van der Waals surface area contributed by atoms with Gasteiger partial charge in [0.05, 0.1) is 10.6 Å². The third-order valence-corrected chi connectivity index (χ3v) is 6.87. The zero-order valence-electron chi connectivity index (χ0n) is 16.1. The van der Waals surface area contributed by atoms with Gasteiger partial charge in [0.15, 0.2) is 0 Å². The van der Waals surface area contributed by atoms with Crippen LogP contribution in [0.25, 0.3) is 0 Å². The molecule has 0 fully saturated rings. The van der Waals surface area contributed by atoms with E-state index in [2.05, 4.69) is 39.1 Å². The predicted octanol–water partition coefficient (Wildman–Crippen LogP) is 3.02. The SMILES string of the molecule is Cc1cc(C)c(C)c(SCC(=O)NCCc2ccc(S(N)(=O)=O)cc2)c1C. The molecule has 0 aromatic heterocycles. The van der Waals surface area contributed by atoms with Crippen LogP contribution in [-0.4, -0.2) is 26.6 Å². The van der Waals surface area contributed by atoms with Crippen molar-refractivity contribution < 1.29 is 13.2 Å². The Balaban J connectivity index is 1.85. The van der Waals surface area contributed by atoms with Gasteiger partial charge in [0.1, 0.15) is 0 Å². The molecule has 0 aliphatic rings. The zero-order chi connectivity index (χ0) is 20.2. The van der Waals surface area contributed by atoms with Crippen molar-refractivity contribution in [1.29, 1.82) is 0 Å². The number of nitrogens with two attached hydrogens (primary N) is 1. The van der Waals surface area contributed by atoms with Gasteiger partial charge in [0.25, 0.3) is 0 Å². The summed E-state index contributed by atoms with van der Waals surface area (Å²) in [5.74, 6) is 0.355. The average Bonchev–Trinajstić information content (AvgIpc) is 2.60. The highest BCUT2D eigenvalue weighted by Gasteiger charge is 2.11. The number of amides is 1. The Bertz CT molecular complexity index is 910. The van der Waals surface area contributed by atoms with Crippen molar-refractivity contribution in [1.82, 2.24) is 5.32 Å². The molecule has 2 aromatic carbocycles. The van der Waals surface area contributed by atoms with Gasteiger partial charge in [-0.25, -0.2) is 13.6 Å². The van der Waals surface area contributed by atoms with E-state index in [-0.39, 0.29) is 10.8 Å². The van der Waals surface area contributed by atoms with Crippen LogP contribution in [0.1, 0.15) is 27.8 Å². The van der Waals surface area contributed by atoms with Crippen LogP contribution in [0, 0.1) is 27.7 Å². The maximum Gasteiger partial charge on any atom is 0.238 e. The summed E-state index contributed by atoms with van der Waals surface area (Å²) in [6.45, 7) is 8.86. The number of benzene rings is 2. The van der Waals surface area contributed by atoms with E-state index in [0.29, 0.717) is 18.7 Å². The van der Waals surface area contributed by atoms with E-state index in [4.69, 9.17) is 5.14 Å². The zero-order valence-corrected chi connectivity index (χ0v) is 17.8. The molecule has 0 saturated carbocycles. The van der Waals surface area contributed by atoms with Gasteiger partial charge in [0, 0.05) is 11.4 Å². The summed E-state index contributed by atoms with van der Waals surface area (Å²) < 4.78 is 22.5. The molecule has 0 atom stereocenters. The van der Waals surface area contributed by atoms with Crippen LogP contribution >= 0.6 is 11.8 Å². The normalized spacial score (nSPS) is 11.4. The van der Waals surface area contributed by atoms with Crippen molar-refractivity contribution in [2.75, 3.05) is 12.3 Å². The summed E-state index contributed by atoms with van der Waals surface area (Å²) in [5, 5.41) is 7.99. The van der Waals surface area contributed by atoms with E-state index in [1.165, 1.54) is 39.3 Å². The van der Waals surface area contributed by atoms with Crippen LogP contribution in [-0.2, 0) is 21.2 Å². The number of carbonyl (C=O) groups excluding carboxylic acids is 1. The third-order valence-electron chi connectivity index (χ3n) is 4.63. The second-order valence-electron chi connectivity index (χ2n) is 6.67. The van der Waals surface area contributed by atoms with Crippen molar-refractivity contribution in [3.8, 4) is 0 Å². The molecule has 0 bridgehead atoms. The van der Waals surface area contributed by atoms with E-state index in [9.17, 15) is 13.2 Å². The fraction of sp³-hybridized carbons (Fsp3) is 0.350. The highest BCUT2D eigenvalue weighted by atomic mass is 32.2. The Hall–Kier alpha value is -1.83. The molecular formula is C20H26N2O3S2. The molecular weight excluding hydrogens is 380 g/mol. The Kier molecular flexibility index (Phi) is 7.08. The lowest BCUT2D eigenvalue weighted by Gasteiger charge is -2.14. The predicted molar refractivity (Wildman–Crippen MR) is 111 cm³/mol. The average molecular weight is 407 g/mol. The molecule has 0 spiro atoms. The van der Waals surface area contributed by atoms with Crippen LogP contribution < -0.4 is 10.5 Å². The van der Waals surface area contributed by atoms with Crippen LogP contribution in [0.15, 0.2) is 40.1 Å². The van der Waals surface area contributed by atoms with Crippen LogP contribution in [0.4, 0.5) is 0 Å². The van der Waals surface area contributed by atoms with E-state index >= 15 is 0 Å². The van der Waals surface area contributed by atoms with Gasteiger partial charge in [-0.1, -0.05) is 18.2 Å². The number of hydrogen-bond donors (Lipinski definition) is 2. The molecule has 146 valence electrons. The quantitative estimate of drug-likeness (QED) is 0.692. The van der Waals surface area contributed by atoms with Crippen molar-refractivity contribution in [2.45, 2.75) is 43.9 Å². The molecule has 27 heavy (non-hydrogen) atoms. The number of nitrogens with one attached hydrogen (secondary N) is 1. The number of sulfonamides is 1. The van der Waals surface area contributed by atoms with Gasteiger partial charge in [-0.05, 0) is 74.1 Å². The van der Waals surface area contributed by atoms with E-state index in [0.717, 1.165) is 5.56 Å². The van der Waals surface area contributed by atoms with E-state index in [1.54, 1.807) is 23.9 Å². The number of thioether (sulfide) groups is 1. The number of rotatable bonds is 7. The Morgan fingerprint density at radius 2 is 1.59 bits per heavy atom. The van der Waals surface area contributed by atoms with Gasteiger partial charge in [0.2, 0.25) is 15.9 Å². The van der Waals surface area contributed by atoms with Gasteiger partial charge in [-0.3, -0.25) is 4.79 Å². The van der Waals surface area contributed by atoms with Crippen LogP contribution in [0.2, 0.25) is 0 Å². The second kappa shape index (κ2) is 8.91. The van der Waals surface area contributed by atoms with Gasteiger partial charge in [-0.2, -0.15) is 0 Å². The monoisotopic (exact) mass is 406 g/mol. The van der Waals surface area contributed by atoms with Crippen molar-refractivity contribution >= 4 is 27.7 Å². The lowest BCUT2D eigenvalue weighted by Crippen LogP contribution is -2.27. The highest BCUT2D eigenvalue weighted by Crippen LogP contribution is 2.30. The fourth-order valence-electron chi connectivity index (χ4n) is 2.78. The molecule has 0 aliphatic carbocycles. The first-order valence-electron chi connectivity index (χ1n) is 8.68. The first-order valence-corrected chi connectivity index (χ1v) is 11.2. The molecule has 5 nitrogen and oxygen atoms in total. The number of carbonyl (C=O) groups is 1. The van der Waals surface area contributed by atoms with Gasteiger partial charge >= 0.3 is 0 Å². The number of primary sulfonamides is 1. The van der Waals surface area contributed by atoms with Crippen LogP contribution in [0.3, 0.4) is 0 Å². The second-order valence-corrected chi connectivity index (χ2v) is 9.21. The highest BCUT2D eigenvalue weighted by molar-refractivity contribution is 8.00. The minimum atomic E-state index is -3.67. The lowest BCUT2D eigenvalue weighted by atomic mass is 10.0. The summed E-state index contributed by atoms with van der Waals surface area (Å²) in [7, 11) is -3.67. The molecule has 0 aliphatic heterocycles. The smallest absolute Gasteiger partial charge is 0.238 e. The topological polar surface area (TPSA) is 89.3 Å². The largest absolute Gasteiger partial charge is 0.355 e. The van der Waals surface area contributed by atoms with E-state index < -0.39 is 10.0 Å². The van der Waals surface area contributed by atoms with Gasteiger partial charge in [-0.15, -0.1) is 11.8 Å². The lowest BCUT2D eigenvalue weighted by molar-refractivity contribution is -0.118. The molecule has 0 unspecified atom stereocenters. The third kappa shape index (κ3) is 5.82. The van der Waals surface area contributed by atoms with E-state index in [1.807, 2.05) is 0 Å². The molecule has 3 N–H and O–H groups in total. The van der Waals surface area contributed by atoms with Crippen molar-refractivity contribution in [3.05, 3.63) is 58.1 Å². The molecule has 1 amide bonds. The maximum atomic E-state index is 12.2. The molecule has 0 radical (unpaired) electrons. The van der Waals surface area contributed by atoms with Gasteiger partial charge < -0.3 is 5.32 Å². The summed E-state index contributed by atoms with van der Waals surface area (Å²) in [5.41, 5.74) is 5.88.